The Morgan fingerprint density at radius 1 is 1.29 bits per heavy atom. The van der Waals surface area contributed by atoms with Crippen molar-refractivity contribution < 1.29 is 9.18 Å². The topological polar surface area (TPSA) is 55.1 Å². The van der Waals surface area contributed by atoms with E-state index in [9.17, 15) is 9.18 Å². The molecular formula is C13H19FN2O. The van der Waals surface area contributed by atoms with Gasteiger partial charge in [0.2, 0.25) is 5.91 Å². The van der Waals surface area contributed by atoms with E-state index in [0.717, 1.165) is 0 Å². The van der Waals surface area contributed by atoms with E-state index in [2.05, 4.69) is 5.32 Å². The molecule has 0 aliphatic rings. The predicted molar refractivity (Wildman–Crippen MR) is 65.8 cm³/mol. The van der Waals surface area contributed by atoms with Crippen LogP contribution in [0, 0.1) is 11.7 Å². The summed E-state index contributed by atoms with van der Waals surface area (Å²) in [7, 11) is 0. The van der Waals surface area contributed by atoms with Gasteiger partial charge in [0.05, 0.1) is 6.04 Å². The van der Waals surface area contributed by atoms with Crippen molar-refractivity contribution in [2.75, 3.05) is 0 Å². The summed E-state index contributed by atoms with van der Waals surface area (Å²) >= 11 is 0. The molecule has 0 fully saturated rings. The number of nitrogens with two attached hydrogens (primary N) is 1. The van der Waals surface area contributed by atoms with Crippen LogP contribution in [0.5, 0.6) is 0 Å². The summed E-state index contributed by atoms with van der Waals surface area (Å²) < 4.78 is 13.5. The Hall–Kier alpha value is -1.42. The van der Waals surface area contributed by atoms with Gasteiger partial charge in [-0.3, -0.25) is 4.79 Å². The van der Waals surface area contributed by atoms with Gasteiger partial charge >= 0.3 is 0 Å². The maximum absolute atomic E-state index is 13.5. The first-order valence-electron chi connectivity index (χ1n) is 5.74. The molecule has 0 radical (unpaired) electrons. The molecule has 1 aromatic rings. The third kappa shape index (κ3) is 3.53. The zero-order valence-electron chi connectivity index (χ0n) is 10.4. The standard InChI is InChI=1S/C13H19FN2O/c1-8(9(2)15)13(17)16-10(3)11-6-4-5-7-12(11)14/h4-10H,15H2,1-3H3,(H,16,17). The van der Waals surface area contributed by atoms with Gasteiger partial charge in [0.25, 0.3) is 0 Å². The summed E-state index contributed by atoms with van der Waals surface area (Å²) in [4.78, 5) is 11.8. The smallest absolute Gasteiger partial charge is 0.224 e. The summed E-state index contributed by atoms with van der Waals surface area (Å²) in [5.41, 5.74) is 6.13. The second kappa shape index (κ2) is 5.77. The number of carbonyl (C=O) groups excluding carboxylic acids is 1. The van der Waals surface area contributed by atoms with Gasteiger partial charge < -0.3 is 11.1 Å². The number of carbonyl (C=O) groups is 1. The minimum atomic E-state index is -0.357. The van der Waals surface area contributed by atoms with Crippen LogP contribution in [-0.4, -0.2) is 11.9 Å². The van der Waals surface area contributed by atoms with Crippen molar-refractivity contribution in [1.82, 2.24) is 5.32 Å². The molecule has 17 heavy (non-hydrogen) atoms. The van der Waals surface area contributed by atoms with Crippen LogP contribution in [0.4, 0.5) is 4.39 Å². The summed E-state index contributed by atoms with van der Waals surface area (Å²) in [6, 6.07) is 5.84. The lowest BCUT2D eigenvalue weighted by Crippen LogP contribution is -2.39. The summed E-state index contributed by atoms with van der Waals surface area (Å²) in [6.07, 6.45) is 0. The van der Waals surface area contributed by atoms with Crippen LogP contribution < -0.4 is 11.1 Å². The lowest BCUT2D eigenvalue weighted by molar-refractivity contribution is -0.125. The second-order valence-electron chi connectivity index (χ2n) is 4.40. The molecule has 3 unspecified atom stereocenters. The van der Waals surface area contributed by atoms with Crippen LogP contribution >= 0.6 is 0 Å². The molecule has 0 saturated carbocycles. The molecule has 0 aromatic heterocycles. The minimum Gasteiger partial charge on any atom is -0.349 e. The molecule has 0 aliphatic heterocycles. The fourth-order valence-electron chi connectivity index (χ4n) is 1.49. The van der Waals surface area contributed by atoms with Crippen molar-refractivity contribution in [3.63, 3.8) is 0 Å². The third-order valence-electron chi connectivity index (χ3n) is 2.93. The van der Waals surface area contributed by atoms with Crippen molar-refractivity contribution >= 4 is 5.91 Å². The lowest BCUT2D eigenvalue weighted by atomic mass is 10.0. The molecular weight excluding hydrogens is 219 g/mol. The molecule has 3 nitrogen and oxygen atoms in total. The highest BCUT2D eigenvalue weighted by atomic mass is 19.1. The van der Waals surface area contributed by atoms with Crippen molar-refractivity contribution in [3.8, 4) is 0 Å². The molecule has 0 heterocycles. The number of amides is 1. The Bertz CT molecular complexity index is 393. The van der Waals surface area contributed by atoms with E-state index in [1.54, 1.807) is 39.0 Å². The molecule has 3 atom stereocenters. The van der Waals surface area contributed by atoms with Crippen molar-refractivity contribution in [2.45, 2.75) is 32.9 Å². The Morgan fingerprint density at radius 3 is 2.41 bits per heavy atom. The average molecular weight is 238 g/mol. The van der Waals surface area contributed by atoms with E-state index in [4.69, 9.17) is 5.73 Å². The molecule has 0 aliphatic carbocycles. The van der Waals surface area contributed by atoms with E-state index in [-0.39, 0.29) is 29.7 Å². The number of halogens is 1. The SMILES string of the molecule is CC(NC(=O)C(C)C(C)N)c1ccccc1F. The molecule has 94 valence electrons. The van der Waals surface area contributed by atoms with Crippen LogP contribution in [0.15, 0.2) is 24.3 Å². The minimum absolute atomic E-state index is 0.157. The Kier molecular flexibility index (Phi) is 4.63. The third-order valence-corrected chi connectivity index (χ3v) is 2.93. The second-order valence-corrected chi connectivity index (χ2v) is 4.40. The van der Waals surface area contributed by atoms with E-state index in [1.807, 2.05) is 0 Å². The number of benzene rings is 1. The quantitative estimate of drug-likeness (QED) is 0.842. The Balaban J connectivity index is 2.70. The number of hydrogen-bond acceptors (Lipinski definition) is 2. The predicted octanol–water partition coefficient (Wildman–Crippen LogP) is 1.99. The Morgan fingerprint density at radius 2 is 1.88 bits per heavy atom. The van der Waals surface area contributed by atoms with Gasteiger partial charge in [0.15, 0.2) is 0 Å². The van der Waals surface area contributed by atoms with Gasteiger partial charge in [-0.05, 0) is 19.9 Å². The van der Waals surface area contributed by atoms with Crippen LogP contribution in [-0.2, 0) is 4.79 Å². The van der Waals surface area contributed by atoms with Crippen LogP contribution in [0.1, 0.15) is 32.4 Å². The van der Waals surface area contributed by atoms with Gasteiger partial charge in [-0.25, -0.2) is 4.39 Å². The van der Waals surface area contributed by atoms with E-state index >= 15 is 0 Å². The first-order valence-corrected chi connectivity index (χ1v) is 5.74. The summed E-state index contributed by atoms with van der Waals surface area (Å²) in [5, 5.41) is 2.76. The molecule has 0 spiro atoms. The largest absolute Gasteiger partial charge is 0.349 e. The number of rotatable bonds is 4. The lowest BCUT2D eigenvalue weighted by Gasteiger charge is -2.20. The highest BCUT2D eigenvalue weighted by Crippen LogP contribution is 2.16. The zero-order valence-corrected chi connectivity index (χ0v) is 10.4. The number of hydrogen-bond donors (Lipinski definition) is 2. The first-order chi connectivity index (χ1) is 7.93. The maximum atomic E-state index is 13.5. The van der Waals surface area contributed by atoms with Crippen molar-refractivity contribution in [3.05, 3.63) is 35.6 Å². The van der Waals surface area contributed by atoms with Crippen molar-refractivity contribution in [1.29, 1.82) is 0 Å². The molecule has 0 bridgehead atoms. The van der Waals surface area contributed by atoms with E-state index < -0.39 is 0 Å². The monoisotopic (exact) mass is 238 g/mol. The van der Waals surface area contributed by atoms with Crippen LogP contribution in [0.3, 0.4) is 0 Å². The van der Waals surface area contributed by atoms with E-state index in [1.165, 1.54) is 6.07 Å². The fraction of sp³-hybridized carbons (Fsp3) is 0.462. The average Bonchev–Trinajstić information content (AvgIpc) is 2.28. The highest BCUT2D eigenvalue weighted by Gasteiger charge is 2.20. The summed E-state index contributed by atoms with van der Waals surface area (Å²) in [5.74, 6) is -0.756. The van der Waals surface area contributed by atoms with Gasteiger partial charge in [-0.2, -0.15) is 0 Å². The van der Waals surface area contributed by atoms with Gasteiger partial charge in [0.1, 0.15) is 5.82 Å². The number of nitrogens with one attached hydrogen (secondary N) is 1. The van der Waals surface area contributed by atoms with E-state index in [0.29, 0.717) is 5.56 Å². The molecule has 1 rings (SSSR count). The summed E-state index contributed by atoms with van der Waals surface area (Å²) in [6.45, 7) is 5.29. The molecule has 0 saturated heterocycles. The molecule has 4 heteroatoms. The van der Waals surface area contributed by atoms with Gasteiger partial charge in [-0.15, -0.1) is 0 Å². The molecule has 1 amide bonds. The highest BCUT2D eigenvalue weighted by molar-refractivity contribution is 5.79. The Labute approximate surface area is 101 Å². The fourth-order valence-corrected chi connectivity index (χ4v) is 1.49. The molecule has 3 N–H and O–H groups in total. The molecule has 1 aromatic carbocycles. The zero-order chi connectivity index (χ0) is 13.0. The van der Waals surface area contributed by atoms with Gasteiger partial charge in [-0.1, -0.05) is 25.1 Å². The van der Waals surface area contributed by atoms with Crippen LogP contribution in [0.2, 0.25) is 0 Å². The van der Waals surface area contributed by atoms with Crippen molar-refractivity contribution in [2.24, 2.45) is 11.7 Å². The van der Waals surface area contributed by atoms with Gasteiger partial charge in [0, 0.05) is 17.5 Å². The normalized spacial score (nSPS) is 16.1. The maximum Gasteiger partial charge on any atom is 0.224 e. The van der Waals surface area contributed by atoms with Crippen LogP contribution in [0.25, 0.3) is 0 Å². The first kappa shape index (κ1) is 13.6.